The maximum Gasteiger partial charge on any atom is 0.304 e. The van der Waals surface area contributed by atoms with Crippen LogP contribution in [0.4, 0.5) is 15.8 Å². The molecule has 2 aromatic rings. The molecule has 0 amide bonds. The fraction of sp³-hybridized carbons (Fsp3) is 0.200. The van der Waals surface area contributed by atoms with Gasteiger partial charge in [-0.2, -0.15) is 4.39 Å². The van der Waals surface area contributed by atoms with Gasteiger partial charge in [0.05, 0.1) is 4.92 Å². The second-order valence-corrected chi connectivity index (χ2v) is 4.65. The third-order valence-electron chi connectivity index (χ3n) is 3.18. The Morgan fingerprint density at radius 2 is 1.95 bits per heavy atom. The molecule has 0 fully saturated rings. The molecular weight excluding hydrogens is 259 g/mol. The van der Waals surface area contributed by atoms with Crippen LogP contribution >= 0.6 is 0 Å². The lowest BCUT2D eigenvalue weighted by Gasteiger charge is -2.17. The van der Waals surface area contributed by atoms with E-state index in [0.29, 0.717) is 5.69 Å². The highest BCUT2D eigenvalue weighted by Gasteiger charge is 2.15. The van der Waals surface area contributed by atoms with Crippen LogP contribution in [0.25, 0.3) is 0 Å². The zero-order chi connectivity index (χ0) is 14.7. The van der Waals surface area contributed by atoms with E-state index >= 15 is 0 Å². The highest BCUT2D eigenvalue weighted by Crippen LogP contribution is 2.25. The molecule has 0 aromatic heterocycles. The fourth-order valence-electron chi connectivity index (χ4n) is 2.15. The molecular formula is C15H15FN2O2. The number of nitrogens with zero attached hydrogens (tertiary/aromatic N) is 1. The van der Waals surface area contributed by atoms with E-state index in [-0.39, 0.29) is 6.04 Å². The molecule has 0 saturated carbocycles. The normalized spacial score (nSPS) is 11.9. The topological polar surface area (TPSA) is 55.2 Å². The van der Waals surface area contributed by atoms with Gasteiger partial charge in [0.15, 0.2) is 0 Å². The van der Waals surface area contributed by atoms with Crippen LogP contribution in [0.5, 0.6) is 0 Å². The summed E-state index contributed by atoms with van der Waals surface area (Å²) in [5.41, 5.74) is 2.24. The summed E-state index contributed by atoms with van der Waals surface area (Å²) in [6.07, 6.45) is 0. The molecule has 0 bridgehead atoms. The van der Waals surface area contributed by atoms with E-state index in [1.807, 2.05) is 38.1 Å². The van der Waals surface area contributed by atoms with Gasteiger partial charge in [0, 0.05) is 23.9 Å². The van der Waals surface area contributed by atoms with Crippen molar-refractivity contribution in [2.75, 3.05) is 5.32 Å². The van der Waals surface area contributed by atoms with Gasteiger partial charge < -0.3 is 5.32 Å². The molecule has 4 nitrogen and oxygen atoms in total. The van der Waals surface area contributed by atoms with Gasteiger partial charge in [-0.15, -0.1) is 0 Å². The molecule has 20 heavy (non-hydrogen) atoms. The summed E-state index contributed by atoms with van der Waals surface area (Å²) in [4.78, 5) is 9.83. The highest BCUT2D eigenvalue weighted by atomic mass is 19.1. The Hall–Kier alpha value is -2.43. The Morgan fingerprint density at radius 1 is 1.25 bits per heavy atom. The van der Waals surface area contributed by atoms with Gasteiger partial charge in [0.1, 0.15) is 0 Å². The fourth-order valence-corrected chi connectivity index (χ4v) is 2.15. The van der Waals surface area contributed by atoms with Crippen molar-refractivity contribution in [3.63, 3.8) is 0 Å². The number of anilines is 1. The van der Waals surface area contributed by atoms with E-state index in [2.05, 4.69) is 5.32 Å². The van der Waals surface area contributed by atoms with Crippen LogP contribution in [0.2, 0.25) is 0 Å². The van der Waals surface area contributed by atoms with Crippen molar-refractivity contribution in [1.82, 2.24) is 0 Å². The minimum atomic E-state index is -0.836. The van der Waals surface area contributed by atoms with Gasteiger partial charge in [-0.25, -0.2) is 0 Å². The number of nitro benzene ring substituents is 1. The zero-order valence-corrected chi connectivity index (χ0v) is 11.3. The number of rotatable bonds is 4. The van der Waals surface area contributed by atoms with Crippen LogP contribution in [-0.2, 0) is 0 Å². The Bertz CT molecular complexity index is 644. The van der Waals surface area contributed by atoms with Crippen molar-refractivity contribution in [3.05, 3.63) is 69.5 Å². The maximum atomic E-state index is 13.6. The molecule has 2 aromatic carbocycles. The summed E-state index contributed by atoms with van der Waals surface area (Å²) in [7, 11) is 0. The predicted octanol–water partition coefficient (Wildman–Crippen LogP) is 4.22. The van der Waals surface area contributed by atoms with Gasteiger partial charge in [0.25, 0.3) is 0 Å². The van der Waals surface area contributed by atoms with E-state index in [1.165, 1.54) is 12.1 Å². The average Bonchev–Trinajstić information content (AvgIpc) is 2.38. The van der Waals surface area contributed by atoms with Crippen LogP contribution in [0.1, 0.15) is 24.1 Å². The van der Waals surface area contributed by atoms with Gasteiger partial charge in [-0.05, 0) is 31.0 Å². The maximum absolute atomic E-state index is 13.6. The number of nitrogens with one attached hydrogen (secondary N) is 1. The predicted molar refractivity (Wildman–Crippen MR) is 76.3 cm³/mol. The SMILES string of the molecule is Cc1ccccc1C(C)Nc1ccc([N+](=O)[O-])c(F)c1. The average molecular weight is 274 g/mol. The summed E-state index contributed by atoms with van der Waals surface area (Å²) < 4.78 is 13.6. The molecule has 2 rings (SSSR count). The standard InChI is InChI=1S/C15H15FN2O2/c1-10-5-3-4-6-13(10)11(2)17-12-7-8-15(18(19)20)14(16)9-12/h3-9,11,17H,1-2H3. The van der Waals surface area contributed by atoms with E-state index in [1.54, 1.807) is 0 Å². The third-order valence-corrected chi connectivity index (χ3v) is 3.18. The zero-order valence-electron chi connectivity index (χ0n) is 11.3. The third kappa shape index (κ3) is 2.93. The summed E-state index contributed by atoms with van der Waals surface area (Å²) >= 11 is 0. The van der Waals surface area contributed by atoms with Crippen LogP contribution in [0, 0.1) is 22.9 Å². The number of halogens is 1. The molecule has 104 valence electrons. The molecule has 0 aliphatic rings. The first-order valence-electron chi connectivity index (χ1n) is 6.25. The minimum absolute atomic E-state index is 0.0166. The Labute approximate surface area is 116 Å². The smallest absolute Gasteiger partial charge is 0.304 e. The van der Waals surface area contributed by atoms with E-state index in [9.17, 15) is 14.5 Å². The quantitative estimate of drug-likeness (QED) is 0.671. The Kier molecular flexibility index (Phi) is 3.98. The van der Waals surface area contributed by atoms with E-state index < -0.39 is 16.4 Å². The van der Waals surface area contributed by atoms with E-state index in [0.717, 1.165) is 17.2 Å². The molecule has 0 heterocycles. The number of nitro groups is 1. The lowest BCUT2D eigenvalue weighted by atomic mass is 10.0. The monoisotopic (exact) mass is 274 g/mol. The molecule has 5 heteroatoms. The summed E-state index contributed by atoms with van der Waals surface area (Å²) in [5, 5.41) is 13.7. The molecule has 1 N–H and O–H groups in total. The minimum Gasteiger partial charge on any atom is -0.378 e. The Balaban J connectivity index is 2.20. The van der Waals surface area contributed by atoms with Crippen molar-refractivity contribution in [3.8, 4) is 0 Å². The van der Waals surface area contributed by atoms with Crippen molar-refractivity contribution in [2.45, 2.75) is 19.9 Å². The molecule has 0 saturated heterocycles. The van der Waals surface area contributed by atoms with Crippen molar-refractivity contribution in [1.29, 1.82) is 0 Å². The Morgan fingerprint density at radius 3 is 2.55 bits per heavy atom. The van der Waals surface area contributed by atoms with Crippen molar-refractivity contribution in [2.24, 2.45) is 0 Å². The first-order chi connectivity index (χ1) is 9.49. The molecule has 1 atom stereocenters. The van der Waals surface area contributed by atoms with Crippen LogP contribution in [0.15, 0.2) is 42.5 Å². The number of benzene rings is 2. The lowest BCUT2D eigenvalue weighted by Crippen LogP contribution is -2.08. The van der Waals surface area contributed by atoms with Crippen molar-refractivity contribution >= 4 is 11.4 Å². The molecule has 0 aliphatic heterocycles. The highest BCUT2D eigenvalue weighted by molar-refractivity contribution is 5.51. The second-order valence-electron chi connectivity index (χ2n) is 4.65. The van der Waals surface area contributed by atoms with Crippen molar-refractivity contribution < 1.29 is 9.31 Å². The second kappa shape index (κ2) is 5.69. The molecule has 0 aliphatic carbocycles. The first-order valence-corrected chi connectivity index (χ1v) is 6.25. The molecule has 0 radical (unpaired) electrons. The van der Waals surface area contributed by atoms with Crippen LogP contribution in [0.3, 0.4) is 0 Å². The summed E-state index contributed by atoms with van der Waals surface area (Å²) in [5.74, 6) is -0.836. The molecule has 1 unspecified atom stereocenters. The molecule has 0 spiro atoms. The van der Waals surface area contributed by atoms with E-state index in [4.69, 9.17) is 0 Å². The van der Waals surface area contributed by atoms with Gasteiger partial charge in [0.2, 0.25) is 5.82 Å². The number of hydrogen-bond donors (Lipinski definition) is 1. The van der Waals surface area contributed by atoms with Gasteiger partial charge >= 0.3 is 5.69 Å². The van der Waals surface area contributed by atoms with Gasteiger partial charge in [-0.3, -0.25) is 10.1 Å². The van der Waals surface area contributed by atoms with Crippen LogP contribution in [-0.4, -0.2) is 4.92 Å². The summed E-state index contributed by atoms with van der Waals surface area (Å²) in [6, 6.07) is 11.7. The number of aryl methyl sites for hydroxylation is 1. The largest absolute Gasteiger partial charge is 0.378 e. The lowest BCUT2D eigenvalue weighted by molar-refractivity contribution is -0.387. The van der Waals surface area contributed by atoms with Crippen LogP contribution < -0.4 is 5.32 Å². The van der Waals surface area contributed by atoms with Gasteiger partial charge in [-0.1, -0.05) is 24.3 Å². The summed E-state index contributed by atoms with van der Waals surface area (Å²) in [6.45, 7) is 3.96. The first kappa shape index (κ1) is 14.0. The number of hydrogen-bond acceptors (Lipinski definition) is 3.